The van der Waals surface area contributed by atoms with Crippen LogP contribution >= 0.6 is 0 Å². The van der Waals surface area contributed by atoms with Gasteiger partial charge in [-0.15, -0.1) is 0 Å². The molecule has 7 heteroatoms. The predicted octanol–water partition coefficient (Wildman–Crippen LogP) is 5.57. The molecule has 0 unspecified atom stereocenters. The van der Waals surface area contributed by atoms with Crippen LogP contribution in [0.25, 0.3) is 0 Å². The number of pyridine rings is 1. The molecular weight excluding hydrogens is 436 g/mol. The fourth-order valence-electron chi connectivity index (χ4n) is 4.04. The summed E-state index contributed by atoms with van der Waals surface area (Å²) in [6, 6.07) is 28.2. The number of carbonyl (C=O) groups excluding carboxylic acids is 1. The largest absolute Gasteiger partial charge is 0.338 e. The Morgan fingerprint density at radius 1 is 0.914 bits per heavy atom. The van der Waals surface area contributed by atoms with Crippen LogP contribution < -0.4 is 15.5 Å². The molecule has 35 heavy (non-hydrogen) atoms. The molecule has 0 aliphatic carbocycles. The standard InChI is InChI=1S/C28H24N6O/c29-26(20-13-15-21(16-14-20)32-25(35)17-12-19-7-2-1-3-8-19)34-24-11-6-18-31-28(24)33-23-10-5-4-9-22(23)27(34)30/h1-11,13-16,18,29-30H,12,17H2,(H,31,33)(H,32,35). The van der Waals surface area contributed by atoms with Crippen LogP contribution in [-0.2, 0) is 11.2 Å². The molecule has 172 valence electrons. The number of amidine groups is 2. The Morgan fingerprint density at radius 3 is 2.46 bits per heavy atom. The summed E-state index contributed by atoms with van der Waals surface area (Å²) in [5.74, 6) is 0.843. The lowest BCUT2D eigenvalue weighted by Gasteiger charge is -2.25. The third kappa shape index (κ3) is 4.65. The van der Waals surface area contributed by atoms with Crippen LogP contribution in [-0.4, -0.2) is 22.6 Å². The maximum absolute atomic E-state index is 12.4. The molecule has 7 nitrogen and oxygen atoms in total. The van der Waals surface area contributed by atoms with Gasteiger partial charge in [-0.2, -0.15) is 0 Å². The molecule has 0 radical (unpaired) electrons. The summed E-state index contributed by atoms with van der Waals surface area (Å²) in [5.41, 5.74) is 4.47. The van der Waals surface area contributed by atoms with Crippen molar-refractivity contribution in [2.75, 3.05) is 15.5 Å². The number of amides is 1. The topological polar surface area (TPSA) is 105 Å². The first-order chi connectivity index (χ1) is 17.1. The first-order valence-electron chi connectivity index (χ1n) is 11.3. The van der Waals surface area contributed by atoms with E-state index in [1.165, 1.54) is 0 Å². The molecule has 1 aliphatic heterocycles. The van der Waals surface area contributed by atoms with Gasteiger partial charge in [0, 0.05) is 29.4 Å². The quantitative estimate of drug-likeness (QED) is 0.231. The molecule has 0 bridgehead atoms. The lowest BCUT2D eigenvalue weighted by Crippen LogP contribution is -2.36. The van der Waals surface area contributed by atoms with Gasteiger partial charge in [-0.05, 0) is 60.5 Å². The van der Waals surface area contributed by atoms with Crippen LogP contribution in [0.5, 0.6) is 0 Å². The number of carbonyl (C=O) groups is 1. The smallest absolute Gasteiger partial charge is 0.224 e. The minimum atomic E-state index is -0.0614. The number of aromatic nitrogens is 1. The van der Waals surface area contributed by atoms with Crippen LogP contribution in [0.15, 0.2) is 97.2 Å². The van der Waals surface area contributed by atoms with Gasteiger partial charge in [-0.3, -0.25) is 20.5 Å². The van der Waals surface area contributed by atoms with Gasteiger partial charge < -0.3 is 10.6 Å². The van der Waals surface area contributed by atoms with Crippen LogP contribution in [0.2, 0.25) is 0 Å². The first-order valence-corrected chi connectivity index (χ1v) is 11.3. The molecule has 0 spiro atoms. The number of fused-ring (bicyclic) bond motifs is 2. The van der Waals surface area contributed by atoms with E-state index in [1.807, 2.05) is 60.7 Å². The van der Waals surface area contributed by atoms with E-state index in [0.29, 0.717) is 41.2 Å². The van der Waals surface area contributed by atoms with Crippen molar-refractivity contribution in [1.29, 1.82) is 10.8 Å². The van der Waals surface area contributed by atoms with Crippen LogP contribution in [0.4, 0.5) is 22.9 Å². The Hall–Kier alpha value is -4.78. The minimum Gasteiger partial charge on any atom is -0.338 e. The molecule has 0 saturated heterocycles. The molecule has 1 aliphatic rings. The lowest BCUT2D eigenvalue weighted by molar-refractivity contribution is -0.116. The molecule has 0 saturated carbocycles. The molecule has 2 heterocycles. The normalized spacial score (nSPS) is 12.1. The first kappa shape index (κ1) is 22.0. The maximum Gasteiger partial charge on any atom is 0.224 e. The summed E-state index contributed by atoms with van der Waals surface area (Å²) in [4.78, 5) is 18.4. The van der Waals surface area contributed by atoms with E-state index in [1.54, 1.807) is 41.4 Å². The van der Waals surface area contributed by atoms with E-state index in [2.05, 4.69) is 15.6 Å². The van der Waals surface area contributed by atoms with Crippen LogP contribution in [0.3, 0.4) is 0 Å². The van der Waals surface area contributed by atoms with Crippen molar-refractivity contribution in [3.05, 3.63) is 114 Å². The summed E-state index contributed by atoms with van der Waals surface area (Å²) >= 11 is 0. The van der Waals surface area contributed by atoms with Crippen LogP contribution in [0.1, 0.15) is 23.1 Å². The minimum absolute atomic E-state index is 0.0614. The number of para-hydroxylation sites is 1. The highest BCUT2D eigenvalue weighted by atomic mass is 16.1. The Kier molecular flexibility index (Phi) is 6.05. The van der Waals surface area contributed by atoms with Crippen molar-refractivity contribution in [3.63, 3.8) is 0 Å². The molecule has 1 aromatic heterocycles. The number of anilines is 4. The van der Waals surface area contributed by atoms with Crippen molar-refractivity contribution in [1.82, 2.24) is 4.98 Å². The number of nitrogens with one attached hydrogen (secondary N) is 4. The van der Waals surface area contributed by atoms with Gasteiger partial charge in [0.1, 0.15) is 11.7 Å². The summed E-state index contributed by atoms with van der Waals surface area (Å²) in [6.45, 7) is 0. The third-order valence-corrected chi connectivity index (χ3v) is 5.84. The van der Waals surface area contributed by atoms with Gasteiger partial charge in [0.05, 0.1) is 11.4 Å². The molecule has 1 amide bonds. The van der Waals surface area contributed by atoms with Crippen molar-refractivity contribution in [2.45, 2.75) is 12.8 Å². The summed E-state index contributed by atoms with van der Waals surface area (Å²) in [7, 11) is 0. The maximum atomic E-state index is 12.4. The van der Waals surface area contributed by atoms with E-state index < -0.39 is 0 Å². The Bertz CT molecular complexity index is 1400. The molecule has 4 N–H and O–H groups in total. The third-order valence-electron chi connectivity index (χ3n) is 5.84. The Morgan fingerprint density at radius 2 is 1.66 bits per heavy atom. The molecule has 0 atom stereocenters. The van der Waals surface area contributed by atoms with Gasteiger partial charge in [-0.1, -0.05) is 42.5 Å². The predicted molar refractivity (Wildman–Crippen MR) is 140 cm³/mol. The molecule has 0 fully saturated rings. The number of rotatable bonds is 5. The Balaban J connectivity index is 1.34. The second-order valence-electron chi connectivity index (χ2n) is 8.19. The second-order valence-corrected chi connectivity index (χ2v) is 8.19. The summed E-state index contributed by atoms with van der Waals surface area (Å²) in [5, 5.41) is 24.0. The number of nitrogens with zero attached hydrogens (tertiary/aromatic N) is 2. The zero-order valence-corrected chi connectivity index (χ0v) is 19.0. The molecule has 3 aromatic carbocycles. The highest BCUT2D eigenvalue weighted by molar-refractivity contribution is 6.30. The average Bonchev–Trinajstić information content (AvgIpc) is 3.02. The summed E-state index contributed by atoms with van der Waals surface area (Å²) in [6.07, 6.45) is 2.75. The number of hydrogen-bond acceptors (Lipinski definition) is 5. The zero-order chi connectivity index (χ0) is 24.2. The summed E-state index contributed by atoms with van der Waals surface area (Å²) < 4.78 is 0. The number of hydrogen-bond donors (Lipinski definition) is 4. The molecule has 5 rings (SSSR count). The van der Waals surface area contributed by atoms with E-state index in [4.69, 9.17) is 10.8 Å². The number of aryl methyl sites for hydroxylation is 1. The van der Waals surface area contributed by atoms with E-state index >= 15 is 0 Å². The van der Waals surface area contributed by atoms with Crippen molar-refractivity contribution in [3.8, 4) is 0 Å². The van der Waals surface area contributed by atoms with E-state index in [-0.39, 0.29) is 17.6 Å². The monoisotopic (exact) mass is 460 g/mol. The van der Waals surface area contributed by atoms with Gasteiger partial charge >= 0.3 is 0 Å². The highest BCUT2D eigenvalue weighted by Crippen LogP contribution is 2.34. The fraction of sp³-hybridized carbons (Fsp3) is 0.0714. The molecule has 4 aromatic rings. The van der Waals surface area contributed by atoms with E-state index in [0.717, 1.165) is 11.3 Å². The Labute approximate surface area is 203 Å². The lowest BCUT2D eigenvalue weighted by atomic mass is 10.1. The van der Waals surface area contributed by atoms with Gasteiger partial charge in [-0.25, -0.2) is 4.98 Å². The highest BCUT2D eigenvalue weighted by Gasteiger charge is 2.28. The fourth-order valence-corrected chi connectivity index (χ4v) is 4.04. The van der Waals surface area contributed by atoms with Crippen LogP contribution in [0, 0.1) is 10.8 Å². The van der Waals surface area contributed by atoms with Crippen molar-refractivity contribution < 1.29 is 4.79 Å². The van der Waals surface area contributed by atoms with Gasteiger partial charge in [0.25, 0.3) is 0 Å². The SMILES string of the molecule is N=C(c1ccc(NC(=O)CCc2ccccc2)cc1)N1C(=N)c2ccccc2Nc2ncccc21. The average molecular weight is 461 g/mol. The van der Waals surface area contributed by atoms with Gasteiger partial charge in [0.2, 0.25) is 5.91 Å². The van der Waals surface area contributed by atoms with Crippen molar-refractivity contribution in [2.24, 2.45) is 0 Å². The second kappa shape index (κ2) is 9.61. The number of benzene rings is 3. The zero-order valence-electron chi connectivity index (χ0n) is 19.0. The molecular formula is C28H24N6O. The van der Waals surface area contributed by atoms with E-state index in [9.17, 15) is 4.79 Å². The van der Waals surface area contributed by atoms with Crippen molar-refractivity contribution >= 4 is 40.5 Å². The van der Waals surface area contributed by atoms with Gasteiger partial charge in [0.15, 0.2) is 5.82 Å².